The number of hydrogen-bond acceptors (Lipinski definition) is 6. The molecule has 2 aromatic heterocycles. The van der Waals surface area contributed by atoms with Gasteiger partial charge in [0.25, 0.3) is 0 Å². The second kappa shape index (κ2) is 7.53. The van der Waals surface area contributed by atoms with E-state index in [2.05, 4.69) is 20.0 Å². The van der Waals surface area contributed by atoms with Gasteiger partial charge in [-0.3, -0.25) is 4.79 Å². The molecule has 3 fully saturated rings. The normalized spacial score (nSPS) is 23.1. The maximum atomic E-state index is 12.9. The average molecular weight is 381 g/mol. The third-order valence-electron chi connectivity index (χ3n) is 6.41. The zero-order valence-corrected chi connectivity index (χ0v) is 16.2. The van der Waals surface area contributed by atoms with E-state index in [-0.39, 0.29) is 5.92 Å². The van der Waals surface area contributed by atoms with Crippen LogP contribution in [0.25, 0.3) is 11.4 Å². The molecule has 28 heavy (non-hydrogen) atoms. The van der Waals surface area contributed by atoms with Crippen molar-refractivity contribution in [2.24, 2.45) is 5.92 Å². The average Bonchev–Trinajstić information content (AvgIpc) is 3.39. The maximum Gasteiger partial charge on any atom is 0.230 e. The number of hydrogen-bond donors (Lipinski definition) is 0. The van der Waals surface area contributed by atoms with Crippen molar-refractivity contribution in [1.82, 2.24) is 20.0 Å². The van der Waals surface area contributed by atoms with Crippen LogP contribution < -0.4 is 4.90 Å². The molecule has 7 heteroatoms. The van der Waals surface area contributed by atoms with E-state index in [9.17, 15) is 4.79 Å². The van der Waals surface area contributed by atoms with E-state index < -0.39 is 0 Å². The Balaban J connectivity index is 1.37. The number of aromatic nitrogens is 3. The van der Waals surface area contributed by atoms with Gasteiger partial charge < -0.3 is 14.3 Å². The minimum atomic E-state index is 0.0533. The number of likely N-dealkylation sites (tertiary alicyclic amines) is 1. The monoisotopic (exact) mass is 381 g/mol. The van der Waals surface area contributed by atoms with Gasteiger partial charge in [0.05, 0.1) is 11.5 Å². The Bertz CT molecular complexity index is 841. The van der Waals surface area contributed by atoms with Crippen LogP contribution in [0.1, 0.15) is 56.8 Å². The van der Waals surface area contributed by atoms with Gasteiger partial charge in [0.15, 0.2) is 0 Å². The largest absolute Gasteiger partial charge is 0.355 e. The van der Waals surface area contributed by atoms with Gasteiger partial charge in [0, 0.05) is 38.3 Å². The van der Waals surface area contributed by atoms with Crippen LogP contribution in [0, 0.1) is 5.92 Å². The number of pyridine rings is 1. The van der Waals surface area contributed by atoms with Crippen molar-refractivity contribution < 1.29 is 9.32 Å². The highest BCUT2D eigenvalue weighted by molar-refractivity contribution is 5.80. The molecule has 1 aliphatic carbocycles. The van der Waals surface area contributed by atoms with E-state index in [4.69, 9.17) is 4.52 Å². The summed E-state index contributed by atoms with van der Waals surface area (Å²) in [7, 11) is 0. The molecule has 4 heterocycles. The topological polar surface area (TPSA) is 75.4 Å². The van der Waals surface area contributed by atoms with Crippen molar-refractivity contribution in [3.05, 3.63) is 24.2 Å². The highest BCUT2D eigenvalue weighted by atomic mass is 16.5. The zero-order valence-electron chi connectivity index (χ0n) is 16.2. The Morgan fingerprint density at radius 1 is 1.07 bits per heavy atom. The van der Waals surface area contributed by atoms with Gasteiger partial charge in [-0.25, -0.2) is 4.98 Å². The molecule has 0 N–H and O–H groups in total. The molecule has 148 valence electrons. The highest BCUT2D eigenvalue weighted by Gasteiger charge is 2.32. The van der Waals surface area contributed by atoms with Crippen LogP contribution in [0.2, 0.25) is 0 Å². The zero-order chi connectivity index (χ0) is 18.9. The Labute approximate surface area is 165 Å². The van der Waals surface area contributed by atoms with Gasteiger partial charge in [-0.2, -0.15) is 4.98 Å². The van der Waals surface area contributed by atoms with Crippen molar-refractivity contribution in [2.75, 3.05) is 31.1 Å². The molecule has 2 saturated heterocycles. The summed E-state index contributed by atoms with van der Waals surface area (Å²) in [5.74, 6) is 3.00. The summed E-state index contributed by atoms with van der Waals surface area (Å²) < 4.78 is 5.52. The molecular formula is C21H27N5O2. The lowest BCUT2D eigenvalue weighted by molar-refractivity contribution is -0.134. The highest BCUT2D eigenvalue weighted by Crippen LogP contribution is 2.37. The fourth-order valence-corrected chi connectivity index (χ4v) is 4.56. The van der Waals surface area contributed by atoms with Crippen molar-refractivity contribution in [3.63, 3.8) is 0 Å². The molecule has 0 spiro atoms. The Hall–Kier alpha value is -2.44. The number of nitrogens with zero attached hydrogens (tertiary/aromatic N) is 5. The number of rotatable bonds is 4. The fourth-order valence-electron chi connectivity index (χ4n) is 4.56. The van der Waals surface area contributed by atoms with Gasteiger partial charge in [-0.15, -0.1) is 0 Å². The van der Waals surface area contributed by atoms with Crippen LogP contribution >= 0.6 is 0 Å². The van der Waals surface area contributed by atoms with Crippen LogP contribution in [0.3, 0.4) is 0 Å². The number of anilines is 1. The van der Waals surface area contributed by atoms with E-state index >= 15 is 0 Å². The molecule has 2 aromatic rings. The predicted molar refractivity (Wildman–Crippen MR) is 105 cm³/mol. The molecule has 0 aromatic carbocycles. The summed E-state index contributed by atoms with van der Waals surface area (Å²) in [5, 5.41) is 4.23. The summed E-state index contributed by atoms with van der Waals surface area (Å²) >= 11 is 0. The molecule has 1 atom stereocenters. The summed E-state index contributed by atoms with van der Waals surface area (Å²) in [4.78, 5) is 26.5. The van der Waals surface area contributed by atoms with Gasteiger partial charge in [0.2, 0.25) is 17.6 Å². The first kappa shape index (κ1) is 17.6. The lowest BCUT2D eigenvalue weighted by Crippen LogP contribution is -2.44. The quantitative estimate of drug-likeness (QED) is 0.809. The second-order valence-corrected chi connectivity index (χ2v) is 8.28. The molecule has 2 aliphatic heterocycles. The minimum Gasteiger partial charge on any atom is -0.355 e. The molecule has 0 unspecified atom stereocenters. The van der Waals surface area contributed by atoms with E-state index in [0.29, 0.717) is 24.2 Å². The summed E-state index contributed by atoms with van der Waals surface area (Å²) in [5.41, 5.74) is 0.895. The van der Waals surface area contributed by atoms with Crippen LogP contribution in [0.15, 0.2) is 22.9 Å². The van der Waals surface area contributed by atoms with Crippen molar-refractivity contribution in [3.8, 4) is 11.4 Å². The minimum absolute atomic E-state index is 0.0533. The van der Waals surface area contributed by atoms with Gasteiger partial charge in [-0.05, 0) is 50.7 Å². The first-order chi connectivity index (χ1) is 13.8. The van der Waals surface area contributed by atoms with Crippen LogP contribution in [-0.4, -0.2) is 52.1 Å². The van der Waals surface area contributed by atoms with E-state index in [1.54, 1.807) is 6.20 Å². The SMILES string of the molecule is O=C([C@H]1CCCN(c2ncccc2-c2noc(C3CCC3)n2)C1)N1CCCC1. The third-order valence-corrected chi connectivity index (χ3v) is 6.41. The summed E-state index contributed by atoms with van der Waals surface area (Å²) in [6.07, 6.45) is 9.53. The van der Waals surface area contributed by atoms with Gasteiger partial charge >= 0.3 is 0 Å². The third kappa shape index (κ3) is 3.27. The van der Waals surface area contributed by atoms with E-state index in [0.717, 1.165) is 75.4 Å². The Morgan fingerprint density at radius 3 is 2.71 bits per heavy atom. The van der Waals surface area contributed by atoms with Gasteiger partial charge in [-0.1, -0.05) is 11.6 Å². The van der Waals surface area contributed by atoms with Gasteiger partial charge in [0.1, 0.15) is 5.82 Å². The van der Waals surface area contributed by atoms with Crippen LogP contribution in [0.5, 0.6) is 0 Å². The predicted octanol–water partition coefficient (Wildman–Crippen LogP) is 3.24. The standard InChI is InChI=1S/C21H27N5O2/c27-21(25-11-1-2-12-25)16-8-5-13-26(14-16)19-17(9-4-10-22-19)18-23-20(28-24-18)15-6-3-7-15/h4,9-10,15-16H,1-3,5-8,11-14H2/t16-/m0/s1. The molecule has 0 bridgehead atoms. The van der Waals surface area contributed by atoms with Crippen molar-refractivity contribution >= 4 is 11.7 Å². The first-order valence-electron chi connectivity index (χ1n) is 10.6. The fraction of sp³-hybridized carbons (Fsp3) is 0.619. The van der Waals surface area contributed by atoms with E-state index in [1.807, 2.05) is 17.0 Å². The Morgan fingerprint density at radius 2 is 1.93 bits per heavy atom. The lowest BCUT2D eigenvalue weighted by Gasteiger charge is -2.35. The number of carbonyl (C=O) groups is 1. The van der Waals surface area contributed by atoms with Crippen molar-refractivity contribution in [2.45, 2.75) is 50.9 Å². The molecule has 0 radical (unpaired) electrons. The molecule has 3 aliphatic rings. The van der Waals surface area contributed by atoms with Crippen LogP contribution in [0.4, 0.5) is 5.82 Å². The molecule has 1 saturated carbocycles. The molecule has 1 amide bonds. The lowest BCUT2D eigenvalue weighted by atomic mass is 9.85. The first-order valence-corrected chi connectivity index (χ1v) is 10.6. The smallest absolute Gasteiger partial charge is 0.230 e. The molecule has 7 nitrogen and oxygen atoms in total. The number of carbonyl (C=O) groups excluding carboxylic acids is 1. The van der Waals surface area contributed by atoms with E-state index in [1.165, 1.54) is 6.42 Å². The Kier molecular flexibility index (Phi) is 4.74. The second-order valence-electron chi connectivity index (χ2n) is 8.28. The number of piperidine rings is 1. The summed E-state index contributed by atoms with van der Waals surface area (Å²) in [6.45, 7) is 3.45. The molecular weight excluding hydrogens is 354 g/mol. The molecule has 5 rings (SSSR count). The maximum absolute atomic E-state index is 12.9. The van der Waals surface area contributed by atoms with Crippen LogP contribution in [-0.2, 0) is 4.79 Å². The van der Waals surface area contributed by atoms with Crippen molar-refractivity contribution in [1.29, 1.82) is 0 Å². The number of amides is 1. The summed E-state index contributed by atoms with van der Waals surface area (Å²) in [6, 6.07) is 3.92.